The smallest absolute Gasteiger partial charge is 0.231 e. The molecule has 1 fully saturated rings. The Bertz CT molecular complexity index is 1920. The molecule has 0 saturated carbocycles. The van der Waals surface area contributed by atoms with Crippen molar-refractivity contribution >= 4 is 32.7 Å². The molecule has 5 rings (SSSR count). The van der Waals surface area contributed by atoms with Gasteiger partial charge in [0, 0.05) is 67.9 Å². The number of sulfonamides is 1. The first kappa shape index (κ1) is 32.0. The molecule has 3 heterocycles. The molecule has 4 N–H and O–H groups in total. The van der Waals surface area contributed by atoms with Crippen molar-refractivity contribution in [1.82, 2.24) is 19.7 Å². The van der Waals surface area contributed by atoms with Crippen LogP contribution in [0.4, 0.5) is 14.6 Å². The molecular weight excluding hydrogens is 602 g/mol. The highest BCUT2D eigenvalue weighted by Crippen LogP contribution is 2.38. The Balaban J connectivity index is 1.68. The minimum atomic E-state index is -3.63. The van der Waals surface area contributed by atoms with Gasteiger partial charge in [-0.25, -0.2) is 22.2 Å². The van der Waals surface area contributed by atoms with Crippen LogP contribution in [0, 0.1) is 23.5 Å². The molecule has 236 valence electrons. The number of hydrogen-bond acceptors (Lipinski definition) is 7. The summed E-state index contributed by atoms with van der Waals surface area (Å²) in [7, 11) is 0.0215. The van der Waals surface area contributed by atoms with Gasteiger partial charge in [0.1, 0.15) is 22.9 Å². The number of aliphatic hydroxyl groups is 1. The number of likely N-dealkylation sites (tertiary alicyclic amines) is 1. The summed E-state index contributed by atoms with van der Waals surface area (Å²) in [5.41, 5.74) is 7.31. The Labute approximate surface area is 260 Å². The number of pyridine rings is 1. The van der Waals surface area contributed by atoms with Gasteiger partial charge in [-0.05, 0) is 55.3 Å². The van der Waals surface area contributed by atoms with Gasteiger partial charge in [0.15, 0.2) is 5.82 Å². The van der Waals surface area contributed by atoms with Crippen molar-refractivity contribution in [3.05, 3.63) is 77.1 Å². The quantitative estimate of drug-likeness (QED) is 0.252. The van der Waals surface area contributed by atoms with Crippen molar-refractivity contribution in [3.8, 4) is 23.0 Å². The van der Waals surface area contributed by atoms with Crippen LogP contribution in [-0.4, -0.2) is 71.1 Å². The third-order valence-corrected chi connectivity index (χ3v) is 8.40. The molecule has 0 spiro atoms. The number of para-hydroxylation sites is 1. The van der Waals surface area contributed by atoms with E-state index in [0.29, 0.717) is 64.9 Å². The first-order valence-corrected chi connectivity index (χ1v) is 16.2. The van der Waals surface area contributed by atoms with E-state index in [0.717, 1.165) is 12.3 Å². The van der Waals surface area contributed by atoms with E-state index in [1.807, 2.05) is 13.1 Å². The Kier molecular flexibility index (Phi) is 8.93. The van der Waals surface area contributed by atoms with E-state index < -0.39 is 39.1 Å². The average Bonchev–Trinajstić information content (AvgIpc) is 3.26. The van der Waals surface area contributed by atoms with Gasteiger partial charge in [-0.15, -0.1) is 0 Å². The summed E-state index contributed by atoms with van der Waals surface area (Å²) in [6.45, 7) is 1.39. The summed E-state index contributed by atoms with van der Waals surface area (Å²) < 4.78 is 56.4. The highest BCUT2D eigenvalue weighted by atomic mass is 32.2. The molecule has 4 aromatic rings. The predicted octanol–water partition coefficient (Wildman–Crippen LogP) is 3.29. The lowest BCUT2D eigenvalue weighted by atomic mass is 9.87. The topological polar surface area (TPSA) is 143 Å². The van der Waals surface area contributed by atoms with Gasteiger partial charge in [0.25, 0.3) is 0 Å². The molecule has 10 nitrogen and oxygen atoms in total. The molecule has 1 aliphatic heterocycles. The molecule has 0 bridgehead atoms. The molecule has 13 heteroatoms. The van der Waals surface area contributed by atoms with Crippen LogP contribution >= 0.6 is 0 Å². The fraction of sp³-hybridized carbons (Fsp3) is 0.344. The second kappa shape index (κ2) is 12.5. The molecule has 0 aliphatic carbocycles. The summed E-state index contributed by atoms with van der Waals surface area (Å²) >= 11 is 0. The van der Waals surface area contributed by atoms with Crippen LogP contribution < -0.4 is 10.5 Å². The van der Waals surface area contributed by atoms with E-state index in [1.165, 1.54) is 16.8 Å². The van der Waals surface area contributed by atoms with E-state index in [2.05, 4.69) is 26.6 Å². The first-order valence-electron chi connectivity index (χ1n) is 14.3. The number of nitrogens with two attached hydrogens (primary N) is 1. The molecule has 1 saturated heterocycles. The number of fused-ring (bicyclic) bond motifs is 1. The number of carbonyl (C=O) groups excluding carboxylic acids is 1. The first-order chi connectivity index (χ1) is 21.2. The lowest BCUT2D eigenvalue weighted by molar-refractivity contribution is -0.118. The summed E-state index contributed by atoms with van der Waals surface area (Å²) in [6.07, 6.45) is 1.83. The Morgan fingerprint density at radius 3 is 2.44 bits per heavy atom. The van der Waals surface area contributed by atoms with Crippen LogP contribution in [-0.2, 0) is 28.3 Å². The van der Waals surface area contributed by atoms with Gasteiger partial charge >= 0.3 is 0 Å². The lowest BCUT2D eigenvalue weighted by Crippen LogP contribution is -2.41. The van der Waals surface area contributed by atoms with Crippen LogP contribution in [0.2, 0.25) is 0 Å². The number of anilines is 1. The predicted molar refractivity (Wildman–Crippen MR) is 168 cm³/mol. The third kappa shape index (κ3) is 7.65. The van der Waals surface area contributed by atoms with Gasteiger partial charge in [-0.1, -0.05) is 18.1 Å². The van der Waals surface area contributed by atoms with Crippen LogP contribution in [0.5, 0.6) is 0 Å². The van der Waals surface area contributed by atoms with E-state index >= 15 is 0 Å². The number of nitrogens with zero attached hydrogens (tertiary/aromatic N) is 4. The van der Waals surface area contributed by atoms with E-state index in [1.54, 1.807) is 31.3 Å². The maximum Gasteiger partial charge on any atom is 0.231 e. The van der Waals surface area contributed by atoms with Gasteiger partial charge < -0.3 is 15.7 Å². The standard InChI is InChI=1S/C32H34F2N6O4S/c1-39-13-11-32(42,12-14-39)10-9-24-7-8-25(26-5-4-6-27-30(26)40(2)37-31(27)38-45(3,43)44)29(36-24)21(18-28(35)41)15-20-16-22(33)19-23(34)17-20/h4-8,16-17,19,21,42H,11-15,18H2,1-3H3,(H2,35,41)(H,37,38)/t21-/m0/s1. The van der Waals surface area contributed by atoms with Crippen molar-refractivity contribution in [2.24, 2.45) is 12.8 Å². The van der Waals surface area contributed by atoms with Gasteiger partial charge in [0.2, 0.25) is 15.9 Å². The minimum absolute atomic E-state index is 0.0347. The summed E-state index contributed by atoms with van der Waals surface area (Å²) in [5.74, 6) is 3.24. The molecule has 2 aromatic heterocycles. The number of primary amides is 1. The Morgan fingerprint density at radius 2 is 1.80 bits per heavy atom. The van der Waals surface area contributed by atoms with E-state index in [-0.39, 0.29) is 18.7 Å². The number of aromatic nitrogens is 3. The van der Waals surface area contributed by atoms with Crippen LogP contribution in [0.15, 0.2) is 48.5 Å². The van der Waals surface area contributed by atoms with Crippen LogP contribution in [0.1, 0.15) is 42.1 Å². The summed E-state index contributed by atoms with van der Waals surface area (Å²) in [5, 5.41) is 15.9. The zero-order valence-corrected chi connectivity index (χ0v) is 26.0. The average molecular weight is 637 g/mol. The minimum Gasteiger partial charge on any atom is -0.377 e. The van der Waals surface area contributed by atoms with Crippen molar-refractivity contribution in [2.75, 3.05) is 31.1 Å². The highest BCUT2D eigenvalue weighted by molar-refractivity contribution is 7.92. The number of rotatable bonds is 8. The number of piperidine rings is 1. The molecule has 1 aliphatic rings. The van der Waals surface area contributed by atoms with Crippen LogP contribution in [0.3, 0.4) is 0 Å². The zero-order valence-electron chi connectivity index (χ0n) is 25.1. The third-order valence-electron chi connectivity index (χ3n) is 7.84. The van der Waals surface area contributed by atoms with Gasteiger partial charge in [0.05, 0.1) is 17.5 Å². The molecule has 2 aromatic carbocycles. The maximum atomic E-state index is 14.2. The fourth-order valence-electron chi connectivity index (χ4n) is 5.70. The van der Waals surface area contributed by atoms with Crippen LogP contribution in [0.25, 0.3) is 22.0 Å². The number of hydrogen-bond donors (Lipinski definition) is 3. The summed E-state index contributed by atoms with van der Waals surface area (Å²) in [6, 6.07) is 11.9. The number of halogens is 2. The number of aryl methyl sites for hydroxylation is 1. The molecule has 45 heavy (non-hydrogen) atoms. The Hall–Kier alpha value is -4.38. The largest absolute Gasteiger partial charge is 0.377 e. The highest BCUT2D eigenvalue weighted by Gasteiger charge is 2.29. The number of carbonyl (C=O) groups is 1. The SMILES string of the molecule is CN1CCC(O)(C#Cc2ccc(-c3cccc4c(NS(C)(=O)=O)nn(C)c34)c([C@H](CC(N)=O)Cc3cc(F)cc(F)c3)n2)CC1. The lowest BCUT2D eigenvalue weighted by Gasteiger charge is -2.32. The normalized spacial score (nSPS) is 15.8. The molecule has 0 radical (unpaired) electrons. The fourth-order valence-corrected chi connectivity index (χ4v) is 6.21. The molecule has 1 atom stereocenters. The van der Waals surface area contributed by atoms with Crippen molar-refractivity contribution in [3.63, 3.8) is 0 Å². The van der Waals surface area contributed by atoms with Gasteiger partial charge in [-0.2, -0.15) is 5.10 Å². The monoisotopic (exact) mass is 636 g/mol. The second-order valence-corrected chi connectivity index (χ2v) is 13.4. The van der Waals surface area contributed by atoms with Crippen molar-refractivity contribution < 1.29 is 27.1 Å². The van der Waals surface area contributed by atoms with Crippen molar-refractivity contribution in [2.45, 2.75) is 37.2 Å². The zero-order chi connectivity index (χ0) is 32.5. The number of benzene rings is 2. The number of nitrogens with one attached hydrogen (secondary N) is 1. The maximum absolute atomic E-state index is 14.2. The Morgan fingerprint density at radius 1 is 1.11 bits per heavy atom. The van der Waals surface area contributed by atoms with Gasteiger partial charge in [-0.3, -0.25) is 14.2 Å². The second-order valence-electron chi connectivity index (χ2n) is 11.6. The molecular formula is C32H34F2N6O4S. The van der Waals surface area contributed by atoms with Crippen molar-refractivity contribution in [1.29, 1.82) is 0 Å². The molecule has 0 unspecified atom stereocenters. The summed E-state index contributed by atoms with van der Waals surface area (Å²) in [4.78, 5) is 19.3. The molecule has 1 amide bonds. The van der Waals surface area contributed by atoms with E-state index in [4.69, 9.17) is 10.7 Å². The number of amides is 1. The van der Waals surface area contributed by atoms with E-state index in [9.17, 15) is 27.1 Å².